The summed E-state index contributed by atoms with van der Waals surface area (Å²) in [6.07, 6.45) is 13.7. The fourth-order valence-electron chi connectivity index (χ4n) is 6.35. The SMILES string of the molecule is CC(=O)N1CCCCCCCCCCCC(=O)NCCCN(C(C)=O)CCCN(C(C)=O)CCCN(C(C)=O)CCCN(C(C)=O)CCC1. The zero-order chi connectivity index (χ0) is 36.4. The van der Waals surface area contributed by atoms with Crippen molar-refractivity contribution in [1.29, 1.82) is 0 Å². The summed E-state index contributed by atoms with van der Waals surface area (Å²) in [5.74, 6) is 0.0110. The minimum absolute atomic E-state index is 0.0120. The molecule has 0 aromatic rings. The number of nitrogens with one attached hydrogen (secondary N) is 1. The molecule has 0 unspecified atom stereocenters. The number of nitrogens with zero attached hydrogens (tertiary/aromatic N) is 5. The van der Waals surface area contributed by atoms with Crippen LogP contribution in [0.1, 0.15) is 131 Å². The van der Waals surface area contributed by atoms with Gasteiger partial charge in [0.1, 0.15) is 0 Å². The summed E-state index contributed by atoms with van der Waals surface area (Å²) in [6, 6.07) is 0. The van der Waals surface area contributed by atoms with Gasteiger partial charge in [0.15, 0.2) is 0 Å². The molecule has 282 valence electrons. The second-order valence-corrected chi connectivity index (χ2v) is 13.6. The van der Waals surface area contributed by atoms with E-state index in [2.05, 4.69) is 5.32 Å². The van der Waals surface area contributed by atoms with E-state index in [1.165, 1.54) is 26.2 Å². The smallest absolute Gasteiger partial charge is 0.219 e. The Morgan fingerprint density at radius 2 is 0.612 bits per heavy atom. The van der Waals surface area contributed by atoms with E-state index < -0.39 is 0 Å². The Balaban J connectivity index is 2.78. The van der Waals surface area contributed by atoms with Crippen molar-refractivity contribution in [3.8, 4) is 0 Å². The van der Waals surface area contributed by atoms with Crippen molar-refractivity contribution >= 4 is 35.4 Å². The Bertz CT molecular complexity index is 1010. The highest BCUT2D eigenvalue weighted by atomic mass is 16.2. The average Bonchev–Trinajstić information content (AvgIpc) is 3.03. The number of carbonyl (C=O) groups excluding carboxylic acids is 6. The molecule has 1 rings (SSSR count). The van der Waals surface area contributed by atoms with Gasteiger partial charge in [0, 0.05) is 113 Å². The normalized spacial score (nSPS) is 19.9. The summed E-state index contributed by atoms with van der Waals surface area (Å²) in [4.78, 5) is 82.9. The van der Waals surface area contributed by atoms with E-state index in [0.717, 1.165) is 45.1 Å². The van der Waals surface area contributed by atoms with E-state index in [1.807, 2.05) is 4.90 Å². The molecule has 0 aromatic heterocycles. The summed E-state index contributed by atoms with van der Waals surface area (Å²) >= 11 is 0. The van der Waals surface area contributed by atoms with Gasteiger partial charge in [0.25, 0.3) is 0 Å². The van der Waals surface area contributed by atoms with Gasteiger partial charge in [-0.25, -0.2) is 0 Å². The maximum absolute atomic E-state index is 12.4. The van der Waals surface area contributed by atoms with Crippen molar-refractivity contribution in [2.75, 3.05) is 72.0 Å². The minimum Gasteiger partial charge on any atom is -0.356 e. The first-order valence-corrected chi connectivity index (χ1v) is 19.0. The van der Waals surface area contributed by atoms with Gasteiger partial charge in [-0.05, 0) is 44.9 Å². The molecule has 1 aliphatic heterocycles. The number of carbonyl (C=O) groups is 6. The van der Waals surface area contributed by atoms with Crippen LogP contribution < -0.4 is 5.32 Å². The monoisotopic (exact) mass is 693 g/mol. The van der Waals surface area contributed by atoms with Crippen LogP contribution in [0.3, 0.4) is 0 Å². The van der Waals surface area contributed by atoms with Crippen LogP contribution in [0.5, 0.6) is 0 Å². The van der Waals surface area contributed by atoms with Crippen LogP contribution in [0.15, 0.2) is 0 Å². The highest BCUT2D eigenvalue weighted by molar-refractivity contribution is 5.76. The molecule has 0 radical (unpaired) electrons. The Morgan fingerprint density at radius 3 is 0.918 bits per heavy atom. The van der Waals surface area contributed by atoms with Gasteiger partial charge in [-0.1, -0.05) is 44.9 Å². The van der Waals surface area contributed by atoms with Gasteiger partial charge in [-0.15, -0.1) is 0 Å². The topological polar surface area (TPSA) is 131 Å². The van der Waals surface area contributed by atoms with Gasteiger partial charge >= 0.3 is 0 Å². The minimum atomic E-state index is -0.0420. The second-order valence-electron chi connectivity index (χ2n) is 13.6. The summed E-state index contributed by atoms with van der Waals surface area (Å²) in [7, 11) is 0. The molecule has 0 atom stereocenters. The van der Waals surface area contributed by atoms with Crippen molar-refractivity contribution in [3.63, 3.8) is 0 Å². The summed E-state index contributed by atoms with van der Waals surface area (Å²) in [6.45, 7) is 13.9. The first-order chi connectivity index (χ1) is 23.4. The van der Waals surface area contributed by atoms with Crippen molar-refractivity contribution in [3.05, 3.63) is 0 Å². The zero-order valence-electron chi connectivity index (χ0n) is 31.6. The molecule has 0 bridgehead atoms. The molecule has 49 heavy (non-hydrogen) atoms. The molecule has 12 heteroatoms. The van der Waals surface area contributed by atoms with Crippen molar-refractivity contribution < 1.29 is 28.8 Å². The maximum Gasteiger partial charge on any atom is 0.219 e. The second kappa shape index (κ2) is 26.7. The van der Waals surface area contributed by atoms with E-state index >= 15 is 0 Å². The van der Waals surface area contributed by atoms with Crippen molar-refractivity contribution in [1.82, 2.24) is 29.8 Å². The Morgan fingerprint density at radius 1 is 0.367 bits per heavy atom. The lowest BCUT2D eigenvalue weighted by Crippen LogP contribution is -2.39. The number of hydrogen-bond acceptors (Lipinski definition) is 6. The Kier molecular flexibility index (Phi) is 23.9. The summed E-state index contributed by atoms with van der Waals surface area (Å²) < 4.78 is 0. The molecule has 0 aliphatic carbocycles. The van der Waals surface area contributed by atoms with Gasteiger partial charge < -0.3 is 29.8 Å². The Hall–Kier alpha value is -3.18. The van der Waals surface area contributed by atoms with Crippen LogP contribution in [-0.2, 0) is 28.8 Å². The lowest BCUT2D eigenvalue weighted by atomic mass is 10.1. The third kappa shape index (κ3) is 21.5. The fourth-order valence-corrected chi connectivity index (χ4v) is 6.35. The number of amides is 6. The number of hydrogen-bond donors (Lipinski definition) is 1. The third-order valence-electron chi connectivity index (χ3n) is 9.41. The largest absolute Gasteiger partial charge is 0.356 e. The lowest BCUT2D eigenvalue weighted by molar-refractivity contribution is -0.131. The molecule has 1 saturated heterocycles. The molecule has 1 fully saturated rings. The molecule has 0 spiro atoms. The summed E-state index contributed by atoms with van der Waals surface area (Å²) in [5.41, 5.74) is 0. The first kappa shape index (κ1) is 43.8. The molecular weight excluding hydrogens is 624 g/mol. The number of rotatable bonds is 0. The van der Waals surface area contributed by atoms with Crippen LogP contribution >= 0.6 is 0 Å². The predicted octanol–water partition coefficient (Wildman–Crippen LogP) is 4.21. The van der Waals surface area contributed by atoms with Gasteiger partial charge in [0.2, 0.25) is 35.4 Å². The van der Waals surface area contributed by atoms with Crippen molar-refractivity contribution in [2.24, 2.45) is 0 Å². The zero-order valence-corrected chi connectivity index (χ0v) is 31.6. The highest BCUT2D eigenvalue weighted by Gasteiger charge is 2.16. The van der Waals surface area contributed by atoms with E-state index in [1.54, 1.807) is 47.3 Å². The molecule has 0 aromatic carbocycles. The molecule has 12 nitrogen and oxygen atoms in total. The fraction of sp³-hybridized carbons (Fsp3) is 0.838. The highest BCUT2D eigenvalue weighted by Crippen LogP contribution is 2.12. The third-order valence-corrected chi connectivity index (χ3v) is 9.41. The molecule has 1 heterocycles. The van der Waals surface area contributed by atoms with Gasteiger partial charge in [-0.2, -0.15) is 0 Å². The standard InChI is InChI=1S/C37H68N6O6/c1-32(44)39-22-14-12-10-8-6-7-9-11-13-20-37(49)38-21-15-23-40(33(2)45)25-17-27-42(35(4)47)29-19-31-43(36(5)48)30-18-28-41(34(3)46)26-16-24-39/h6-31H2,1-5H3,(H,38,49). The quantitative estimate of drug-likeness (QED) is 0.405. The van der Waals surface area contributed by atoms with Crippen molar-refractivity contribution in [2.45, 2.75) is 131 Å². The molecule has 1 aliphatic rings. The molecule has 6 amide bonds. The average molecular weight is 693 g/mol. The van der Waals surface area contributed by atoms with Crippen LogP contribution in [0.2, 0.25) is 0 Å². The lowest BCUT2D eigenvalue weighted by Gasteiger charge is -2.28. The predicted molar refractivity (Wildman–Crippen MR) is 194 cm³/mol. The Labute approximate surface area is 296 Å². The maximum atomic E-state index is 12.4. The molecule has 1 N–H and O–H groups in total. The van der Waals surface area contributed by atoms with E-state index in [9.17, 15) is 28.8 Å². The molecule has 0 saturated carbocycles. The summed E-state index contributed by atoms with van der Waals surface area (Å²) in [5, 5.41) is 2.98. The van der Waals surface area contributed by atoms with Crippen LogP contribution in [0, 0.1) is 0 Å². The van der Waals surface area contributed by atoms with E-state index in [0.29, 0.717) is 104 Å². The van der Waals surface area contributed by atoms with E-state index in [-0.39, 0.29) is 35.4 Å². The van der Waals surface area contributed by atoms with Gasteiger partial charge in [-0.3, -0.25) is 28.8 Å². The van der Waals surface area contributed by atoms with Crippen LogP contribution in [0.25, 0.3) is 0 Å². The first-order valence-electron chi connectivity index (χ1n) is 19.0. The van der Waals surface area contributed by atoms with E-state index in [4.69, 9.17) is 0 Å². The molecular formula is C37H68N6O6. The van der Waals surface area contributed by atoms with Crippen LogP contribution in [0.4, 0.5) is 0 Å². The van der Waals surface area contributed by atoms with Gasteiger partial charge in [0.05, 0.1) is 0 Å². The van der Waals surface area contributed by atoms with Crippen LogP contribution in [-0.4, -0.2) is 132 Å².